The van der Waals surface area contributed by atoms with Crippen LogP contribution in [0, 0.1) is 0 Å². The number of amides is 1. The lowest BCUT2D eigenvalue weighted by atomic mass is 10.1. The fourth-order valence-corrected chi connectivity index (χ4v) is 1.80. The minimum absolute atomic E-state index is 0.00458. The van der Waals surface area contributed by atoms with E-state index in [4.69, 9.17) is 5.73 Å². The molecule has 2 rings (SSSR count). The summed E-state index contributed by atoms with van der Waals surface area (Å²) < 4.78 is 1.80. The van der Waals surface area contributed by atoms with Crippen molar-refractivity contribution in [2.45, 2.75) is 19.9 Å². The summed E-state index contributed by atoms with van der Waals surface area (Å²) in [6.07, 6.45) is 6.43. The Labute approximate surface area is 110 Å². The Hall–Kier alpha value is -2.43. The molecule has 5 nitrogen and oxygen atoms in total. The zero-order valence-corrected chi connectivity index (χ0v) is 10.8. The van der Waals surface area contributed by atoms with Crippen LogP contribution in [0.3, 0.4) is 0 Å². The number of pyridine rings is 2. The first kappa shape index (κ1) is 13.0. The highest BCUT2D eigenvalue weighted by Crippen LogP contribution is 2.16. The Morgan fingerprint density at radius 3 is 2.63 bits per heavy atom. The van der Waals surface area contributed by atoms with Gasteiger partial charge in [-0.1, -0.05) is 6.07 Å². The van der Waals surface area contributed by atoms with Crippen molar-refractivity contribution in [3.63, 3.8) is 0 Å². The number of nitrogens with zero attached hydrogens (tertiary/aromatic N) is 2. The molecule has 98 valence electrons. The average Bonchev–Trinajstić information content (AvgIpc) is 2.39. The molecule has 0 aliphatic carbocycles. The summed E-state index contributed by atoms with van der Waals surface area (Å²) in [7, 11) is 0. The largest absolute Gasteiger partial charge is 0.365 e. The normalized spacial score (nSPS) is 10.7. The van der Waals surface area contributed by atoms with Gasteiger partial charge in [0.25, 0.3) is 5.91 Å². The van der Waals surface area contributed by atoms with E-state index in [1.54, 1.807) is 35.3 Å². The summed E-state index contributed by atoms with van der Waals surface area (Å²) in [6, 6.07) is 3.64. The van der Waals surface area contributed by atoms with E-state index >= 15 is 0 Å². The number of carbonyl (C=O) groups is 1. The molecule has 0 unspecified atom stereocenters. The number of rotatable bonds is 3. The Balaban J connectivity index is 2.73. The van der Waals surface area contributed by atoms with Crippen molar-refractivity contribution in [2.75, 3.05) is 0 Å². The standard InChI is InChI=1S/C14H15N3O2/c1-9(2)17-7-11(10-4-3-5-16-6-10)13(18)12(8-17)14(15)19/h3-9H,1-2H3,(H2,15,19). The fourth-order valence-electron chi connectivity index (χ4n) is 1.80. The van der Waals surface area contributed by atoms with E-state index in [0.717, 1.165) is 0 Å². The van der Waals surface area contributed by atoms with Crippen LogP contribution in [0.1, 0.15) is 30.2 Å². The fraction of sp³-hybridized carbons (Fsp3) is 0.214. The lowest BCUT2D eigenvalue weighted by Gasteiger charge is -2.14. The number of nitrogens with two attached hydrogens (primary N) is 1. The summed E-state index contributed by atoms with van der Waals surface area (Å²) in [5, 5.41) is 0. The van der Waals surface area contributed by atoms with Gasteiger partial charge in [0.05, 0.1) is 0 Å². The molecule has 19 heavy (non-hydrogen) atoms. The third-order valence-corrected chi connectivity index (χ3v) is 2.88. The third-order valence-electron chi connectivity index (χ3n) is 2.88. The monoisotopic (exact) mass is 257 g/mol. The predicted octanol–water partition coefficient (Wildman–Crippen LogP) is 1.59. The van der Waals surface area contributed by atoms with E-state index in [0.29, 0.717) is 11.1 Å². The summed E-state index contributed by atoms with van der Waals surface area (Å²) in [4.78, 5) is 27.6. The molecule has 0 aliphatic heterocycles. The second kappa shape index (κ2) is 5.06. The first-order valence-corrected chi connectivity index (χ1v) is 5.96. The Morgan fingerprint density at radius 1 is 1.37 bits per heavy atom. The first-order valence-electron chi connectivity index (χ1n) is 5.96. The number of carbonyl (C=O) groups excluding carboxylic acids is 1. The Kier molecular flexibility index (Phi) is 3.46. The van der Waals surface area contributed by atoms with Gasteiger partial charge in [0, 0.05) is 42.0 Å². The predicted molar refractivity (Wildman–Crippen MR) is 72.8 cm³/mol. The molecule has 0 aliphatic rings. The van der Waals surface area contributed by atoms with Crippen LogP contribution in [0.5, 0.6) is 0 Å². The molecule has 2 N–H and O–H groups in total. The lowest BCUT2D eigenvalue weighted by molar-refractivity contribution is 0.0998. The minimum Gasteiger partial charge on any atom is -0.365 e. The van der Waals surface area contributed by atoms with Gasteiger partial charge >= 0.3 is 0 Å². The summed E-state index contributed by atoms with van der Waals surface area (Å²) in [5.74, 6) is -0.717. The number of hydrogen-bond donors (Lipinski definition) is 1. The number of hydrogen-bond acceptors (Lipinski definition) is 3. The van der Waals surface area contributed by atoms with Crippen LogP contribution in [-0.4, -0.2) is 15.5 Å². The summed E-state index contributed by atoms with van der Waals surface area (Å²) in [5.41, 5.74) is 5.99. The van der Waals surface area contributed by atoms with Crippen LogP contribution in [0.2, 0.25) is 0 Å². The Bertz CT molecular complexity index is 660. The molecule has 0 saturated carbocycles. The molecular formula is C14H15N3O2. The molecule has 0 saturated heterocycles. The highest BCUT2D eigenvalue weighted by atomic mass is 16.2. The molecule has 1 amide bonds. The summed E-state index contributed by atoms with van der Waals surface area (Å²) >= 11 is 0. The molecule has 2 aromatic rings. The lowest BCUT2D eigenvalue weighted by Crippen LogP contribution is -2.25. The van der Waals surface area contributed by atoms with Gasteiger partial charge in [-0.2, -0.15) is 0 Å². The molecule has 0 radical (unpaired) electrons. The quantitative estimate of drug-likeness (QED) is 0.906. The van der Waals surface area contributed by atoms with Gasteiger partial charge in [0.15, 0.2) is 0 Å². The topological polar surface area (TPSA) is 78.0 Å². The van der Waals surface area contributed by atoms with Gasteiger partial charge in [-0.3, -0.25) is 14.6 Å². The van der Waals surface area contributed by atoms with Gasteiger partial charge in [-0.15, -0.1) is 0 Å². The molecule has 5 heteroatoms. The van der Waals surface area contributed by atoms with Crippen molar-refractivity contribution in [3.05, 3.63) is 52.7 Å². The van der Waals surface area contributed by atoms with Gasteiger partial charge in [0.2, 0.25) is 5.43 Å². The van der Waals surface area contributed by atoms with Gasteiger partial charge in [-0.25, -0.2) is 0 Å². The first-order chi connectivity index (χ1) is 9.00. The van der Waals surface area contributed by atoms with Crippen molar-refractivity contribution in [1.29, 1.82) is 0 Å². The molecule has 2 aromatic heterocycles. The smallest absolute Gasteiger partial charge is 0.254 e. The molecule has 0 aromatic carbocycles. The van der Waals surface area contributed by atoms with Crippen molar-refractivity contribution in [2.24, 2.45) is 5.73 Å². The molecular weight excluding hydrogens is 242 g/mol. The molecule has 0 spiro atoms. The van der Waals surface area contributed by atoms with Crippen LogP contribution < -0.4 is 11.2 Å². The second-order valence-electron chi connectivity index (χ2n) is 4.56. The second-order valence-corrected chi connectivity index (χ2v) is 4.56. The van der Waals surface area contributed by atoms with E-state index in [9.17, 15) is 9.59 Å². The zero-order valence-electron chi connectivity index (χ0n) is 10.8. The average molecular weight is 257 g/mol. The molecule has 0 atom stereocenters. The Morgan fingerprint density at radius 2 is 2.11 bits per heavy atom. The van der Waals surface area contributed by atoms with E-state index in [1.165, 1.54) is 6.20 Å². The van der Waals surface area contributed by atoms with Crippen molar-refractivity contribution >= 4 is 5.91 Å². The number of aromatic nitrogens is 2. The van der Waals surface area contributed by atoms with E-state index in [-0.39, 0.29) is 17.0 Å². The maximum Gasteiger partial charge on any atom is 0.254 e. The minimum atomic E-state index is -0.717. The van der Waals surface area contributed by atoms with E-state index < -0.39 is 5.91 Å². The van der Waals surface area contributed by atoms with Crippen molar-refractivity contribution in [3.8, 4) is 11.1 Å². The number of primary amides is 1. The van der Waals surface area contributed by atoms with Crippen LogP contribution in [0.25, 0.3) is 11.1 Å². The van der Waals surface area contributed by atoms with Crippen molar-refractivity contribution < 1.29 is 4.79 Å². The third kappa shape index (κ3) is 2.54. The molecule has 2 heterocycles. The van der Waals surface area contributed by atoms with Crippen LogP contribution >= 0.6 is 0 Å². The van der Waals surface area contributed by atoms with Crippen LogP contribution in [0.4, 0.5) is 0 Å². The van der Waals surface area contributed by atoms with E-state index in [1.807, 2.05) is 13.8 Å². The van der Waals surface area contributed by atoms with Crippen LogP contribution in [-0.2, 0) is 0 Å². The SMILES string of the molecule is CC(C)n1cc(C(N)=O)c(=O)c(-c2cccnc2)c1. The zero-order chi connectivity index (χ0) is 14.0. The van der Waals surface area contributed by atoms with Crippen LogP contribution in [0.15, 0.2) is 41.7 Å². The highest BCUT2D eigenvalue weighted by molar-refractivity contribution is 5.93. The van der Waals surface area contributed by atoms with Gasteiger partial charge in [-0.05, 0) is 19.9 Å². The summed E-state index contributed by atoms with van der Waals surface area (Å²) in [6.45, 7) is 3.92. The maximum absolute atomic E-state index is 12.2. The van der Waals surface area contributed by atoms with Crippen molar-refractivity contribution in [1.82, 2.24) is 9.55 Å². The molecule has 0 fully saturated rings. The van der Waals surface area contributed by atoms with Gasteiger partial charge < -0.3 is 10.3 Å². The van der Waals surface area contributed by atoms with E-state index in [2.05, 4.69) is 4.98 Å². The maximum atomic E-state index is 12.2. The molecule has 0 bridgehead atoms. The van der Waals surface area contributed by atoms with Gasteiger partial charge in [0.1, 0.15) is 5.56 Å². The highest BCUT2D eigenvalue weighted by Gasteiger charge is 2.14.